The van der Waals surface area contributed by atoms with Crippen molar-refractivity contribution in [1.82, 2.24) is 0 Å². The van der Waals surface area contributed by atoms with Gasteiger partial charge in [-0.25, -0.2) is 0 Å². The molecule has 0 N–H and O–H groups in total. The molecule has 0 unspecified atom stereocenters. The molecule has 10 aromatic carbocycles. The van der Waals surface area contributed by atoms with Crippen molar-refractivity contribution in [1.29, 1.82) is 0 Å². The Hall–Kier alpha value is -7.80. The lowest BCUT2D eigenvalue weighted by Crippen LogP contribution is -2.35. The summed E-state index contributed by atoms with van der Waals surface area (Å²) in [6, 6.07) is 96.6. The molecule has 3 aliphatic carbocycles. The van der Waals surface area contributed by atoms with E-state index >= 15 is 0 Å². The van der Waals surface area contributed by atoms with E-state index in [0.717, 1.165) is 0 Å². The first-order valence-corrected chi connectivity index (χ1v) is 22.2. The maximum Gasteiger partial charge on any atom is 0.0713 e. The van der Waals surface area contributed by atoms with Crippen LogP contribution >= 0.6 is 0 Å². The summed E-state index contributed by atoms with van der Waals surface area (Å²) in [6.45, 7) is 0. The van der Waals surface area contributed by atoms with E-state index in [9.17, 15) is 0 Å². The van der Waals surface area contributed by atoms with E-state index in [-0.39, 0.29) is 0 Å². The molecule has 0 saturated heterocycles. The Balaban J connectivity index is 1.27. The second-order valence-corrected chi connectivity index (χ2v) is 17.4. The highest BCUT2D eigenvalue weighted by Crippen LogP contribution is 2.62. The maximum atomic E-state index is 2.60. The Morgan fingerprint density at radius 2 is 0.333 bits per heavy atom. The molecule has 0 spiro atoms. The number of hydrogen-bond acceptors (Lipinski definition) is 0. The molecule has 294 valence electrons. The number of hydrogen-bond donors (Lipinski definition) is 0. The molecule has 0 saturated carbocycles. The predicted octanol–water partition coefficient (Wildman–Crippen LogP) is 14.8. The van der Waals surface area contributed by atoms with E-state index < -0.39 is 16.2 Å². The maximum absolute atomic E-state index is 2.60. The van der Waals surface area contributed by atoms with Gasteiger partial charge in [-0.05, 0) is 100 Å². The van der Waals surface area contributed by atoms with Crippen LogP contribution in [0.25, 0.3) is 33.4 Å². The summed E-state index contributed by atoms with van der Waals surface area (Å²) in [5.74, 6) is 0. The average molecular weight is 799 g/mol. The molecule has 0 radical (unpaired) electrons. The molecule has 0 fully saturated rings. The first-order chi connectivity index (χ1) is 31.3. The smallest absolute Gasteiger partial charge is 0.0622 e. The van der Waals surface area contributed by atoms with Crippen molar-refractivity contribution in [2.45, 2.75) is 16.2 Å². The van der Waals surface area contributed by atoms with Crippen molar-refractivity contribution in [3.05, 3.63) is 322 Å². The molecule has 10 aromatic rings. The fraction of sp³-hybridized carbons (Fsp3) is 0.0476. The van der Waals surface area contributed by atoms with E-state index in [1.165, 1.54) is 100 Å². The van der Waals surface area contributed by atoms with Crippen LogP contribution < -0.4 is 0 Å². The number of fused-ring (bicyclic) bond motifs is 9. The quantitative estimate of drug-likeness (QED) is 0.157. The normalized spacial score (nSPS) is 15.0. The van der Waals surface area contributed by atoms with Crippen LogP contribution in [0, 0.1) is 0 Å². The summed E-state index contributed by atoms with van der Waals surface area (Å²) in [7, 11) is 0. The molecule has 63 heavy (non-hydrogen) atoms. The molecule has 0 atom stereocenters. The minimum Gasteiger partial charge on any atom is -0.0622 e. The van der Waals surface area contributed by atoms with Gasteiger partial charge in [-0.3, -0.25) is 0 Å². The number of benzene rings is 10. The van der Waals surface area contributed by atoms with Crippen molar-refractivity contribution in [3.8, 4) is 33.4 Å². The summed E-state index contributed by atoms with van der Waals surface area (Å²) in [5, 5.41) is 0. The lowest BCUT2D eigenvalue weighted by Gasteiger charge is -2.41. The molecule has 0 aliphatic heterocycles. The third-order valence-electron chi connectivity index (χ3n) is 14.7. The topological polar surface area (TPSA) is 0 Å². The second kappa shape index (κ2) is 13.6. The highest BCUT2D eigenvalue weighted by molar-refractivity contribution is 5.91. The zero-order valence-corrected chi connectivity index (χ0v) is 34.7. The monoisotopic (exact) mass is 798 g/mol. The van der Waals surface area contributed by atoms with E-state index in [0.29, 0.717) is 0 Å². The van der Waals surface area contributed by atoms with Crippen LogP contribution in [0.5, 0.6) is 0 Å². The van der Waals surface area contributed by atoms with Crippen molar-refractivity contribution in [3.63, 3.8) is 0 Å². The van der Waals surface area contributed by atoms with Gasteiger partial charge in [0.15, 0.2) is 0 Å². The summed E-state index contributed by atoms with van der Waals surface area (Å²) in [4.78, 5) is 0. The fourth-order valence-corrected chi connectivity index (χ4v) is 12.4. The van der Waals surface area contributed by atoms with Gasteiger partial charge >= 0.3 is 0 Å². The van der Waals surface area contributed by atoms with Crippen LogP contribution in [0.1, 0.15) is 66.8 Å². The lowest BCUT2D eigenvalue weighted by atomic mass is 9.60. The van der Waals surface area contributed by atoms with Crippen LogP contribution in [0.2, 0.25) is 0 Å². The summed E-state index contributed by atoms with van der Waals surface area (Å²) >= 11 is 0. The van der Waals surface area contributed by atoms with Gasteiger partial charge < -0.3 is 0 Å². The molecule has 0 amide bonds. The Bertz CT molecular complexity index is 2880. The van der Waals surface area contributed by atoms with Crippen LogP contribution in [-0.4, -0.2) is 0 Å². The van der Waals surface area contributed by atoms with Crippen molar-refractivity contribution in [2.24, 2.45) is 0 Å². The van der Waals surface area contributed by atoms with Gasteiger partial charge in [0.05, 0.1) is 16.2 Å². The SMILES string of the molecule is c1ccc(C2(c3cc(C4(c5ccccc5)c5ccccc5-c5ccccc54)cc(C4(c5ccccc5)c5ccccc5-c5ccccc54)c3)c3ccccc3-c3ccccc32)cc1. The van der Waals surface area contributed by atoms with Crippen molar-refractivity contribution < 1.29 is 0 Å². The Morgan fingerprint density at radius 1 is 0.159 bits per heavy atom. The van der Waals surface area contributed by atoms with Crippen LogP contribution in [0.4, 0.5) is 0 Å². The van der Waals surface area contributed by atoms with Gasteiger partial charge in [0.2, 0.25) is 0 Å². The largest absolute Gasteiger partial charge is 0.0713 e. The highest BCUT2D eigenvalue weighted by atomic mass is 14.5. The molecular formula is C63H42. The first-order valence-electron chi connectivity index (χ1n) is 22.2. The predicted molar refractivity (Wildman–Crippen MR) is 258 cm³/mol. The minimum atomic E-state index is -0.635. The standard InChI is InChI=1S/C63H42/c1-4-22-43(23-5-1)61(55-34-16-10-28-49(55)50-29-11-17-35-56(50)61)46-40-47(62(44-24-6-2-7-25-44)57-36-18-12-30-51(57)52-31-13-19-37-58(52)62)42-48(41-46)63(45-26-8-3-9-27-45)59-38-20-14-32-53(59)54-33-15-21-39-60(54)63/h1-42H. The summed E-state index contributed by atoms with van der Waals surface area (Å²) in [6.07, 6.45) is 0. The molecule has 13 rings (SSSR count). The molecule has 0 aromatic heterocycles. The Morgan fingerprint density at radius 3 is 0.540 bits per heavy atom. The minimum absolute atomic E-state index is 0.635. The van der Waals surface area contributed by atoms with Crippen molar-refractivity contribution >= 4 is 0 Å². The molecule has 0 nitrogen and oxygen atoms in total. The van der Waals surface area contributed by atoms with E-state index in [1.807, 2.05) is 0 Å². The van der Waals surface area contributed by atoms with Gasteiger partial charge in [0.1, 0.15) is 0 Å². The molecule has 0 bridgehead atoms. The summed E-state index contributed by atoms with van der Waals surface area (Å²) < 4.78 is 0. The zero-order chi connectivity index (χ0) is 41.6. The van der Waals surface area contributed by atoms with E-state index in [1.54, 1.807) is 0 Å². The Kier molecular flexibility index (Phi) is 7.75. The average Bonchev–Trinajstić information content (AvgIpc) is 3.96. The lowest BCUT2D eigenvalue weighted by molar-refractivity contribution is 0.713. The van der Waals surface area contributed by atoms with Gasteiger partial charge in [0.25, 0.3) is 0 Å². The van der Waals surface area contributed by atoms with Gasteiger partial charge in [0, 0.05) is 0 Å². The molecule has 0 heterocycles. The van der Waals surface area contributed by atoms with Crippen LogP contribution in [0.3, 0.4) is 0 Å². The molecular weight excluding hydrogens is 757 g/mol. The second-order valence-electron chi connectivity index (χ2n) is 17.4. The zero-order valence-electron chi connectivity index (χ0n) is 34.7. The third-order valence-corrected chi connectivity index (χ3v) is 14.7. The summed E-state index contributed by atoms with van der Waals surface area (Å²) in [5.41, 5.74) is 21.2. The molecule has 3 aliphatic rings. The van der Waals surface area contributed by atoms with Gasteiger partial charge in [-0.15, -0.1) is 0 Å². The fourth-order valence-electron chi connectivity index (χ4n) is 12.4. The van der Waals surface area contributed by atoms with E-state index in [4.69, 9.17) is 0 Å². The van der Waals surface area contributed by atoms with Crippen molar-refractivity contribution in [2.75, 3.05) is 0 Å². The van der Waals surface area contributed by atoms with Crippen LogP contribution in [0.15, 0.2) is 255 Å². The van der Waals surface area contributed by atoms with Gasteiger partial charge in [-0.2, -0.15) is 0 Å². The first kappa shape index (κ1) is 35.9. The van der Waals surface area contributed by atoms with E-state index in [2.05, 4.69) is 255 Å². The molecule has 0 heteroatoms. The number of rotatable bonds is 6. The third kappa shape index (κ3) is 4.65. The van der Waals surface area contributed by atoms with Gasteiger partial charge in [-0.1, -0.05) is 255 Å². The highest BCUT2D eigenvalue weighted by Gasteiger charge is 2.52. The van der Waals surface area contributed by atoms with Crippen LogP contribution in [-0.2, 0) is 16.2 Å². The Labute approximate surface area is 369 Å².